The van der Waals surface area contributed by atoms with Crippen LogP contribution in [0.5, 0.6) is 0 Å². The Labute approximate surface area is 117 Å². The molecule has 0 amide bonds. The van der Waals surface area contributed by atoms with Gasteiger partial charge in [0.15, 0.2) is 0 Å². The second kappa shape index (κ2) is 6.21. The molecule has 1 N–H and O–H groups in total. The van der Waals surface area contributed by atoms with Crippen molar-refractivity contribution >= 4 is 27.5 Å². The van der Waals surface area contributed by atoms with Crippen LogP contribution in [0, 0.1) is 5.92 Å². The van der Waals surface area contributed by atoms with Crippen molar-refractivity contribution in [3.8, 4) is 0 Å². The van der Waals surface area contributed by atoms with E-state index in [-0.39, 0.29) is 0 Å². The molecular formula is C14H19BrClN. The summed E-state index contributed by atoms with van der Waals surface area (Å²) in [6, 6.07) is 6.81. The predicted octanol–water partition coefficient (Wildman–Crippen LogP) is 4.94. The van der Waals surface area contributed by atoms with Crippen molar-refractivity contribution in [2.24, 2.45) is 5.92 Å². The zero-order valence-electron chi connectivity index (χ0n) is 10.2. The smallest absolute Gasteiger partial charge is 0.0551 e. The predicted molar refractivity (Wildman–Crippen MR) is 77.5 cm³/mol. The van der Waals surface area contributed by atoms with Crippen LogP contribution >= 0.6 is 27.5 Å². The van der Waals surface area contributed by atoms with Crippen LogP contribution in [0.4, 0.5) is 0 Å². The number of hydrogen-bond acceptors (Lipinski definition) is 1. The molecule has 0 saturated heterocycles. The molecule has 0 radical (unpaired) electrons. The van der Waals surface area contributed by atoms with Crippen LogP contribution in [-0.2, 0) is 0 Å². The van der Waals surface area contributed by atoms with Crippen LogP contribution in [0.25, 0.3) is 0 Å². The molecule has 2 rings (SSSR count). The highest BCUT2D eigenvalue weighted by Gasteiger charge is 2.28. The van der Waals surface area contributed by atoms with Crippen LogP contribution in [0.1, 0.15) is 44.2 Å². The van der Waals surface area contributed by atoms with Gasteiger partial charge >= 0.3 is 0 Å². The summed E-state index contributed by atoms with van der Waals surface area (Å²) >= 11 is 9.63. The van der Waals surface area contributed by atoms with Gasteiger partial charge in [-0.2, -0.15) is 0 Å². The molecule has 3 heteroatoms. The number of benzene rings is 1. The lowest BCUT2D eigenvalue weighted by Crippen LogP contribution is -2.32. The van der Waals surface area contributed by atoms with Gasteiger partial charge in [0.2, 0.25) is 0 Å². The highest BCUT2D eigenvalue weighted by molar-refractivity contribution is 9.10. The summed E-state index contributed by atoms with van der Waals surface area (Å²) in [5.41, 5.74) is 1.33. The summed E-state index contributed by atoms with van der Waals surface area (Å²) in [7, 11) is 0. The zero-order valence-corrected chi connectivity index (χ0v) is 12.5. The van der Waals surface area contributed by atoms with Crippen molar-refractivity contribution in [3.05, 3.63) is 33.3 Å². The minimum absolute atomic E-state index is 0.481. The number of hydrogen-bond donors (Lipinski definition) is 1. The molecule has 94 valence electrons. The van der Waals surface area contributed by atoms with Gasteiger partial charge in [-0.05, 0) is 65.4 Å². The fourth-order valence-electron chi connectivity index (χ4n) is 2.34. The number of rotatable bonds is 5. The van der Waals surface area contributed by atoms with Gasteiger partial charge < -0.3 is 5.32 Å². The third-order valence-corrected chi connectivity index (χ3v) is 4.77. The average Bonchev–Trinajstić information content (AvgIpc) is 2.25. The highest BCUT2D eigenvalue weighted by atomic mass is 79.9. The first-order valence-corrected chi connectivity index (χ1v) is 7.57. The van der Waals surface area contributed by atoms with Gasteiger partial charge in [0.25, 0.3) is 0 Å². The molecule has 1 aromatic carbocycles. The average molecular weight is 317 g/mol. The Morgan fingerprint density at radius 1 is 1.47 bits per heavy atom. The minimum atomic E-state index is 0.481. The van der Waals surface area contributed by atoms with E-state index in [1.807, 2.05) is 0 Å². The normalized spacial score (nSPS) is 17.8. The topological polar surface area (TPSA) is 12.0 Å². The minimum Gasteiger partial charge on any atom is -0.310 e. The molecule has 1 aliphatic carbocycles. The van der Waals surface area contributed by atoms with E-state index in [2.05, 4.69) is 46.4 Å². The van der Waals surface area contributed by atoms with Crippen molar-refractivity contribution in [2.75, 3.05) is 6.54 Å². The molecule has 1 aromatic rings. The zero-order chi connectivity index (χ0) is 12.3. The second-order valence-corrected chi connectivity index (χ2v) is 6.06. The molecule has 17 heavy (non-hydrogen) atoms. The quantitative estimate of drug-likeness (QED) is 0.811. The highest BCUT2D eigenvalue weighted by Crippen LogP contribution is 2.39. The van der Waals surface area contributed by atoms with Crippen molar-refractivity contribution in [1.82, 2.24) is 5.32 Å². The van der Waals surface area contributed by atoms with Crippen molar-refractivity contribution in [1.29, 1.82) is 0 Å². The summed E-state index contributed by atoms with van der Waals surface area (Å²) < 4.78 is 0.978. The van der Waals surface area contributed by atoms with E-state index in [1.165, 1.54) is 31.2 Å². The summed E-state index contributed by atoms with van der Waals surface area (Å²) in [4.78, 5) is 0. The summed E-state index contributed by atoms with van der Waals surface area (Å²) in [6.45, 7) is 3.29. The number of nitrogens with one attached hydrogen (secondary N) is 1. The Morgan fingerprint density at radius 2 is 2.24 bits per heavy atom. The van der Waals surface area contributed by atoms with E-state index >= 15 is 0 Å². The molecule has 0 aliphatic heterocycles. The van der Waals surface area contributed by atoms with Crippen LogP contribution in [0.3, 0.4) is 0 Å². The third-order valence-electron chi connectivity index (χ3n) is 3.54. The molecule has 1 unspecified atom stereocenters. The Morgan fingerprint density at radius 3 is 2.76 bits per heavy atom. The molecule has 1 atom stereocenters. The van der Waals surface area contributed by atoms with E-state index in [0.29, 0.717) is 6.04 Å². The largest absolute Gasteiger partial charge is 0.310 e. The van der Waals surface area contributed by atoms with Gasteiger partial charge in [-0.15, -0.1) is 0 Å². The van der Waals surface area contributed by atoms with E-state index in [0.717, 1.165) is 22.0 Å². The Hall–Kier alpha value is -0.0500. The fourth-order valence-corrected chi connectivity index (χ4v) is 2.77. The van der Waals surface area contributed by atoms with Crippen LogP contribution < -0.4 is 5.32 Å². The first-order valence-electron chi connectivity index (χ1n) is 6.40. The maximum absolute atomic E-state index is 6.18. The van der Waals surface area contributed by atoms with Crippen LogP contribution in [0.15, 0.2) is 22.7 Å². The lowest BCUT2D eigenvalue weighted by atomic mass is 9.77. The fraction of sp³-hybridized carbons (Fsp3) is 0.571. The Balaban J connectivity index is 2.15. The van der Waals surface area contributed by atoms with Gasteiger partial charge in [-0.3, -0.25) is 0 Å². The molecule has 1 nitrogen and oxygen atoms in total. The summed E-state index contributed by atoms with van der Waals surface area (Å²) in [5.74, 6) is 0.791. The van der Waals surface area contributed by atoms with E-state index < -0.39 is 0 Å². The molecule has 1 fully saturated rings. The van der Waals surface area contributed by atoms with E-state index in [4.69, 9.17) is 11.6 Å². The third kappa shape index (κ3) is 3.24. The summed E-state index contributed by atoms with van der Waals surface area (Å²) in [5, 5.41) is 4.47. The first-order chi connectivity index (χ1) is 8.22. The SMILES string of the molecule is CCCNC(c1ccc(Br)c(Cl)c1)C1CCC1. The molecule has 0 bridgehead atoms. The first kappa shape index (κ1) is 13.4. The van der Waals surface area contributed by atoms with Gasteiger partial charge in [0.1, 0.15) is 0 Å². The van der Waals surface area contributed by atoms with Gasteiger partial charge in [0.05, 0.1) is 5.02 Å². The van der Waals surface area contributed by atoms with Gasteiger partial charge in [0, 0.05) is 10.5 Å². The van der Waals surface area contributed by atoms with Crippen molar-refractivity contribution in [3.63, 3.8) is 0 Å². The van der Waals surface area contributed by atoms with E-state index in [9.17, 15) is 0 Å². The van der Waals surface area contributed by atoms with Crippen molar-refractivity contribution < 1.29 is 0 Å². The Kier molecular flexibility index (Phi) is 4.89. The van der Waals surface area contributed by atoms with Gasteiger partial charge in [-0.25, -0.2) is 0 Å². The molecule has 0 heterocycles. The second-order valence-electron chi connectivity index (χ2n) is 4.80. The monoisotopic (exact) mass is 315 g/mol. The van der Waals surface area contributed by atoms with Crippen LogP contribution in [0.2, 0.25) is 5.02 Å². The molecule has 1 saturated carbocycles. The van der Waals surface area contributed by atoms with Gasteiger partial charge in [-0.1, -0.05) is 31.0 Å². The summed E-state index contributed by atoms with van der Waals surface area (Å²) in [6.07, 6.45) is 5.23. The molecule has 0 spiro atoms. The maximum Gasteiger partial charge on any atom is 0.0551 e. The van der Waals surface area contributed by atoms with Crippen LogP contribution in [-0.4, -0.2) is 6.54 Å². The van der Waals surface area contributed by atoms with Crippen molar-refractivity contribution in [2.45, 2.75) is 38.6 Å². The standard InChI is InChI=1S/C14H19BrClN/c1-2-8-17-14(10-4-3-5-10)11-6-7-12(15)13(16)9-11/h6-7,9-10,14,17H,2-5,8H2,1H3. The Bertz CT molecular complexity index is 376. The lowest BCUT2D eigenvalue weighted by Gasteiger charge is -2.35. The molecular weight excluding hydrogens is 298 g/mol. The number of halogens is 2. The lowest BCUT2D eigenvalue weighted by molar-refractivity contribution is 0.231. The maximum atomic E-state index is 6.18. The van der Waals surface area contributed by atoms with E-state index in [1.54, 1.807) is 0 Å². The molecule has 1 aliphatic rings. The molecule has 0 aromatic heterocycles.